The molecule has 0 saturated heterocycles. The molecule has 3 aromatic rings. The van der Waals surface area contributed by atoms with Crippen molar-refractivity contribution in [2.75, 3.05) is 7.11 Å². The molecule has 3 nitrogen and oxygen atoms in total. The second-order valence-corrected chi connectivity index (χ2v) is 5.28. The maximum absolute atomic E-state index is 12.6. The minimum atomic E-state index is -0.109. The molecule has 0 saturated carbocycles. The molecule has 3 heteroatoms. The number of aryl methyl sites for hydroxylation is 3. The normalized spacial score (nSPS) is 11.2. The van der Waals surface area contributed by atoms with Gasteiger partial charge in [0.2, 0.25) is 0 Å². The molecular formula is C17H17NO2. The lowest BCUT2D eigenvalue weighted by Gasteiger charge is -2.13. The van der Waals surface area contributed by atoms with Crippen molar-refractivity contribution in [2.45, 2.75) is 20.8 Å². The minimum absolute atomic E-state index is 0.109. The summed E-state index contributed by atoms with van der Waals surface area (Å²) < 4.78 is 1.37. The van der Waals surface area contributed by atoms with Crippen molar-refractivity contribution in [3.63, 3.8) is 0 Å². The van der Waals surface area contributed by atoms with E-state index >= 15 is 0 Å². The zero-order chi connectivity index (χ0) is 14.4. The summed E-state index contributed by atoms with van der Waals surface area (Å²) >= 11 is 0. The Morgan fingerprint density at radius 2 is 1.55 bits per heavy atom. The van der Waals surface area contributed by atoms with Crippen LogP contribution >= 0.6 is 0 Å². The molecule has 20 heavy (non-hydrogen) atoms. The second kappa shape index (κ2) is 4.37. The van der Waals surface area contributed by atoms with Crippen LogP contribution in [0.15, 0.2) is 35.1 Å². The van der Waals surface area contributed by atoms with E-state index in [1.165, 1.54) is 23.0 Å². The summed E-state index contributed by atoms with van der Waals surface area (Å²) in [6.45, 7) is 6.14. The van der Waals surface area contributed by atoms with E-state index in [0.717, 1.165) is 21.9 Å². The van der Waals surface area contributed by atoms with Crippen LogP contribution in [0.2, 0.25) is 0 Å². The van der Waals surface area contributed by atoms with Crippen molar-refractivity contribution in [1.29, 1.82) is 0 Å². The fraction of sp³-hybridized carbons (Fsp3) is 0.235. The highest BCUT2D eigenvalue weighted by molar-refractivity contribution is 6.06. The van der Waals surface area contributed by atoms with E-state index < -0.39 is 0 Å². The fourth-order valence-corrected chi connectivity index (χ4v) is 2.66. The van der Waals surface area contributed by atoms with E-state index in [9.17, 15) is 4.79 Å². The molecule has 0 aliphatic heterocycles. The number of pyridine rings is 1. The summed E-state index contributed by atoms with van der Waals surface area (Å²) in [4.78, 5) is 17.8. The average molecular weight is 267 g/mol. The summed E-state index contributed by atoms with van der Waals surface area (Å²) in [7, 11) is 1.52. The van der Waals surface area contributed by atoms with E-state index in [4.69, 9.17) is 4.84 Å². The second-order valence-electron chi connectivity index (χ2n) is 5.28. The third-order valence-corrected chi connectivity index (χ3v) is 3.89. The van der Waals surface area contributed by atoms with Crippen molar-refractivity contribution < 1.29 is 4.84 Å². The highest BCUT2D eigenvalue weighted by Crippen LogP contribution is 2.26. The maximum atomic E-state index is 12.6. The third kappa shape index (κ3) is 1.70. The number of benzene rings is 2. The molecule has 0 atom stereocenters. The van der Waals surface area contributed by atoms with Gasteiger partial charge in [-0.3, -0.25) is 4.79 Å². The molecule has 102 valence electrons. The first kappa shape index (κ1) is 12.7. The number of hydrogen-bond acceptors (Lipinski definition) is 2. The van der Waals surface area contributed by atoms with Gasteiger partial charge in [0.1, 0.15) is 7.11 Å². The first-order valence-corrected chi connectivity index (χ1v) is 6.63. The topological polar surface area (TPSA) is 31.2 Å². The Kier molecular flexibility index (Phi) is 2.78. The highest BCUT2D eigenvalue weighted by atomic mass is 16.6. The summed E-state index contributed by atoms with van der Waals surface area (Å²) in [5.41, 5.74) is 4.17. The largest absolute Gasteiger partial charge is 0.413 e. The number of aromatic nitrogens is 1. The SMILES string of the molecule is COn1c(=O)c2cc(C)c(C)cc2c2cc(C)ccc21. The van der Waals surface area contributed by atoms with Gasteiger partial charge in [-0.1, -0.05) is 17.7 Å². The molecule has 1 aromatic heterocycles. The molecule has 3 rings (SSSR count). The molecule has 0 spiro atoms. The molecule has 0 amide bonds. The van der Waals surface area contributed by atoms with Gasteiger partial charge in [0.05, 0.1) is 10.9 Å². The fourth-order valence-electron chi connectivity index (χ4n) is 2.66. The molecule has 2 aromatic carbocycles. The molecular weight excluding hydrogens is 250 g/mol. The van der Waals surface area contributed by atoms with Gasteiger partial charge >= 0.3 is 0 Å². The van der Waals surface area contributed by atoms with Crippen LogP contribution in [0.3, 0.4) is 0 Å². The lowest BCUT2D eigenvalue weighted by Crippen LogP contribution is -2.25. The van der Waals surface area contributed by atoms with Gasteiger partial charge in [0.25, 0.3) is 5.56 Å². The molecule has 0 unspecified atom stereocenters. The zero-order valence-electron chi connectivity index (χ0n) is 12.2. The van der Waals surface area contributed by atoms with Crippen LogP contribution in [0, 0.1) is 20.8 Å². The van der Waals surface area contributed by atoms with Gasteiger partial charge in [0.15, 0.2) is 0 Å². The Balaban J connectivity index is 2.66. The lowest BCUT2D eigenvalue weighted by molar-refractivity contribution is 0.170. The Morgan fingerprint density at radius 1 is 0.900 bits per heavy atom. The van der Waals surface area contributed by atoms with E-state index in [1.54, 1.807) is 0 Å². The zero-order valence-corrected chi connectivity index (χ0v) is 12.2. The third-order valence-electron chi connectivity index (χ3n) is 3.89. The van der Waals surface area contributed by atoms with Gasteiger partial charge < -0.3 is 4.84 Å². The molecule has 0 bridgehead atoms. The van der Waals surface area contributed by atoms with Crippen LogP contribution in [0.25, 0.3) is 21.7 Å². The van der Waals surface area contributed by atoms with Gasteiger partial charge in [-0.15, -0.1) is 4.73 Å². The first-order valence-electron chi connectivity index (χ1n) is 6.63. The smallest absolute Gasteiger partial charge is 0.291 e. The number of hydrogen-bond donors (Lipinski definition) is 0. The van der Waals surface area contributed by atoms with Gasteiger partial charge in [-0.25, -0.2) is 0 Å². The van der Waals surface area contributed by atoms with Crippen molar-refractivity contribution >= 4 is 21.7 Å². The summed E-state index contributed by atoms with van der Waals surface area (Å²) in [6, 6.07) is 10.1. The Hall–Kier alpha value is -2.29. The van der Waals surface area contributed by atoms with Crippen LogP contribution in [0.5, 0.6) is 0 Å². The summed E-state index contributed by atoms with van der Waals surface area (Å²) in [5.74, 6) is 0. The van der Waals surface area contributed by atoms with Crippen molar-refractivity contribution in [3.8, 4) is 0 Å². The van der Waals surface area contributed by atoms with Crippen molar-refractivity contribution in [2.24, 2.45) is 0 Å². The van der Waals surface area contributed by atoms with Crippen molar-refractivity contribution in [3.05, 3.63) is 57.4 Å². The Morgan fingerprint density at radius 3 is 2.20 bits per heavy atom. The highest BCUT2D eigenvalue weighted by Gasteiger charge is 2.12. The van der Waals surface area contributed by atoms with Gasteiger partial charge in [-0.05, 0) is 55.5 Å². The van der Waals surface area contributed by atoms with E-state index in [0.29, 0.717) is 5.39 Å². The Labute approximate surface area is 117 Å². The maximum Gasteiger partial charge on any atom is 0.291 e. The van der Waals surface area contributed by atoms with Crippen LogP contribution in [-0.4, -0.2) is 11.8 Å². The average Bonchev–Trinajstić information content (AvgIpc) is 2.42. The van der Waals surface area contributed by atoms with Crippen LogP contribution in [-0.2, 0) is 0 Å². The molecule has 0 radical (unpaired) electrons. The monoisotopic (exact) mass is 267 g/mol. The van der Waals surface area contributed by atoms with E-state index in [2.05, 4.69) is 26.0 Å². The predicted octanol–water partition coefficient (Wildman–Crippen LogP) is 3.14. The molecule has 0 fully saturated rings. The van der Waals surface area contributed by atoms with Crippen LogP contribution in [0.1, 0.15) is 16.7 Å². The van der Waals surface area contributed by atoms with Gasteiger partial charge in [-0.2, -0.15) is 0 Å². The quantitative estimate of drug-likeness (QED) is 0.634. The minimum Gasteiger partial charge on any atom is -0.413 e. The van der Waals surface area contributed by atoms with Crippen LogP contribution < -0.4 is 10.4 Å². The molecule has 0 N–H and O–H groups in total. The van der Waals surface area contributed by atoms with Crippen LogP contribution in [0.4, 0.5) is 0 Å². The van der Waals surface area contributed by atoms with E-state index in [1.807, 2.05) is 25.1 Å². The molecule has 0 aliphatic rings. The predicted molar refractivity (Wildman–Crippen MR) is 82.4 cm³/mol. The Bertz CT molecular complexity index is 891. The number of nitrogens with zero attached hydrogens (tertiary/aromatic N) is 1. The number of rotatable bonds is 1. The summed E-state index contributed by atoms with van der Waals surface area (Å²) in [6.07, 6.45) is 0. The standard InChI is InChI=1S/C17H17NO2/c1-10-5-6-16-14(7-10)13-8-11(2)12(3)9-15(13)17(19)18(16)20-4/h5-9H,1-4H3. The molecule has 0 aliphatic carbocycles. The number of fused-ring (bicyclic) bond motifs is 3. The lowest BCUT2D eigenvalue weighted by atomic mass is 9.99. The van der Waals surface area contributed by atoms with E-state index in [-0.39, 0.29) is 5.56 Å². The van der Waals surface area contributed by atoms with Crippen molar-refractivity contribution in [1.82, 2.24) is 4.73 Å². The molecule has 1 heterocycles. The van der Waals surface area contributed by atoms with Gasteiger partial charge in [0, 0.05) is 5.39 Å². The first-order chi connectivity index (χ1) is 9.52. The summed E-state index contributed by atoms with van der Waals surface area (Å²) in [5, 5.41) is 2.74.